The van der Waals surface area contributed by atoms with Gasteiger partial charge in [0.15, 0.2) is 6.23 Å². The van der Waals surface area contributed by atoms with Gasteiger partial charge in [0.2, 0.25) is 0 Å². The van der Waals surface area contributed by atoms with E-state index in [9.17, 15) is 0 Å². The van der Waals surface area contributed by atoms with Gasteiger partial charge in [-0.25, -0.2) is 0 Å². The van der Waals surface area contributed by atoms with Gasteiger partial charge in [0, 0.05) is 13.3 Å². The lowest BCUT2D eigenvalue weighted by Gasteiger charge is -2.28. The number of hydrogen-bond acceptors (Lipinski definition) is 4. The van der Waals surface area contributed by atoms with Crippen LogP contribution in [-0.4, -0.2) is 25.3 Å². The van der Waals surface area contributed by atoms with Gasteiger partial charge in [-0.2, -0.15) is 5.10 Å². The first-order valence-electron chi connectivity index (χ1n) is 6.84. The van der Waals surface area contributed by atoms with E-state index >= 15 is 0 Å². The lowest BCUT2D eigenvalue weighted by molar-refractivity contribution is 0.0497. The Morgan fingerprint density at radius 2 is 2.10 bits per heavy atom. The molecular weight excluding hydrogens is 262 g/mol. The molecule has 1 heterocycles. The lowest BCUT2D eigenvalue weighted by Crippen LogP contribution is -2.41. The summed E-state index contributed by atoms with van der Waals surface area (Å²) in [5, 5.41) is 12.3. The van der Waals surface area contributed by atoms with E-state index in [1.165, 1.54) is 0 Å². The molecule has 2 atom stereocenters. The highest BCUT2D eigenvalue weighted by Gasteiger charge is 2.38. The molecular formula is C17H21N3O. The van der Waals surface area contributed by atoms with Crippen LogP contribution >= 0.6 is 0 Å². The van der Waals surface area contributed by atoms with Crippen molar-refractivity contribution in [3.05, 3.63) is 59.7 Å². The minimum atomic E-state index is -0.304. The molecule has 2 N–H and O–H groups in total. The first-order valence-corrected chi connectivity index (χ1v) is 6.84. The van der Waals surface area contributed by atoms with Crippen LogP contribution in [0.2, 0.25) is 0 Å². The van der Waals surface area contributed by atoms with Gasteiger partial charge in [-0.1, -0.05) is 43.0 Å². The quantitative estimate of drug-likeness (QED) is 0.644. The van der Waals surface area contributed by atoms with Crippen LogP contribution in [0.5, 0.6) is 0 Å². The summed E-state index contributed by atoms with van der Waals surface area (Å²) in [6.07, 6.45) is 5.23. The number of methoxy groups -OCH3 is 1. The Bertz CT molecular complexity index is 601. The van der Waals surface area contributed by atoms with Crippen LogP contribution in [0.15, 0.2) is 53.7 Å². The van der Waals surface area contributed by atoms with E-state index in [4.69, 9.17) is 10.1 Å². The van der Waals surface area contributed by atoms with Crippen molar-refractivity contribution in [1.82, 2.24) is 5.43 Å². The van der Waals surface area contributed by atoms with E-state index in [0.717, 1.165) is 16.7 Å². The largest absolute Gasteiger partial charge is 0.359 e. The second-order valence-electron chi connectivity index (χ2n) is 5.32. The predicted molar refractivity (Wildman–Crippen MR) is 87.0 cm³/mol. The molecule has 0 saturated heterocycles. The Balaban J connectivity index is 2.27. The summed E-state index contributed by atoms with van der Waals surface area (Å²) in [6.45, 7) is 7.65. The van der Waals surface area contributed by atoms with Gasteiger partial charge < -0.3 is 4.74 Å². The molecule has 110 valence electrons. The van der Waals surface area contributed by atoms with Gasteiger partial charge in [-0.05, 0) is 30.5 Å². The fourth-order valence-corrected chi connectivity index (χ4v) is 2.45. The molecule has 0 fully saturated rings. The van der Waals surface area contributed by atoms with Gasteiger partial charge in [0.25, 0.3) is 0 Å². The SMILES string of the molecule is C=C/C=C(/C)C(=N)c1ccc(C2(C)C=NNC2OC)cc1. The second-order valence-corrected chi connectivity index (χ2v) is 5.32. The van der Waals surface area contributed by atoms with Crippen molar-refractivity contribution in [2.24, 2.45) is 5.10 Å². The van der Waals surface area contributed by atoms with Crippen LogP contribution in [0.3, 0.4) is 0 Å². The molecule has 4 nitrogen and oxygen atoms in total. The first kappa shape index (κ1) is 15.2. The molecule has 0 saturated carbocycles. The first-order chi connectivity index (χ1) is 10.0. The standard InChI is InChI=1S/C17H21N3O/c1-5-6-12(2)15(18)13-7-9-14(10-8-13)17(3)11-19-20-16(17)21-4/h5-11,16,18,20H,1H2,2-4H3/b12-6-,18-15?. The lowest BCUT2D eigenvalue weighted by atomic mass is 9.82. The highest BCUT2D eigenvalue weighted by Crippen LogP contribution is 2.29. The van der Waals surface area contributed by atoms with Crippen LogP contribution in [0.25, 0.3) is 0 Å². The fourth-order valence-electron chi connectivity index (χ4n) is 2.45. The van der Waals surface area contributed by atoms with Crippen molar-refractivity contribution in [1.29, 1.82) is 5.41 Å². The number of benzene rings is 1. The molecule has 0 amide bonds. The van der Waals surface area contributed by atoms with Crippen molar-refractivity contribution < 1.29 is 4.74 Å². The maximum absolute atomic E-state index is 8.16. The van der Waals surface area contributed by atoms with Crippen LogP contribution in [0.4, 0.5) is 0 Å². The second kappa shape index (κ2) is 6.06. The average Bonchev–Trinajstić information content (AvgIpc) is 2.89. The molecule has 2 unspecified atom stereocenters. The molecule has 1 aliphatic rings. The maximum atomic E-state index is 8.16. The maximum Gasteiger partial charge on any atom is 0.156 e. The highest BCUT2D eigenvalue weighted by molar-refractivity contribution is 6.10. The van der Waals surface area contributed by atoms with Crippen LogP contribution in [0, 0.1) is 5.41 Å². The zero-order chi connectivity index (χ0) is 15.5. The number of ether oxygens (including phenoxy) is 1. The van der Waals surface area contributed by atoms with E-state index in [1.807, 2.05) is 43.5 Å². The smallest absolute Gasteiger partial charge is 0.156 e. The van der Waals surface area contributed by atoms with Crippen molar-refractivity contribution in [2.75, 3.05) is 7.11 Å². The summed E-state index contributed by atoms with van der Waals surface area (Å²) in [6, 6.07) is 7.97. The Morgan fingerprint density at radius 3 is 2.67 bits per heavy atom. The molecule has 1 aliphatic heterocycles. The van der Waals surface area contributed by atoms with Gasteiger partial charge in [-0.3, -0.25) is 10.8 Å². The van der Waals surface area contributed by atoms with E-state index in [1.54, 1.807) is 13.2 Å². The third kappa shape index (κ3) is 2.81. The Morgan fingerprint density at radius 1 is 1.43 bits per heavy atom. The molecule has 1 aromatic carbocycles. The Kier molecular flexibility index (Phi) is 4.38. The minimum absolute atomic E-state index is 0.176. The monoisotopic (exact) mass is 283 g/mol. The number of rotatable bonds is 5. The van der Waals surface area contributed by atoms with E-state index in [-0.39, 0.29) is 11.6 Å². The zero-order valence-corrected chi connectivity index (χ0v) is 12.7. The van der Waals surface area contributed by atoms with E-state index in [0.29, 0.717) is 5.71 Å². The topological polar surface area (TPSA) is 57.5 Å². The summed E-state index contributed by atoms with van der Waals surface area (Å²) in [5.74, 6) is 0. The van der Waals surface area contributed by atoms with Gasteiger partial charge in [0.1, 0.15) is 0 Å². The molecule has 0 aliphatic carbocycles. The van der Waals surface area contributed by atoms with Gasteiger partial charge in [0.05, 0.1) is 11.1 Å². The fraction of sp³-hybridized carbons (Fsp3) is 0.294. The number of nitrogens with zero attached hydrogens (tertiary/aromatic N) is 1. The van der Waals surface area contributed by atoms with Crippen molar-refractivity contribution in [2.45, 2.75) is 25.5 Å². The summed E-state index contributed by atoms with van der Waals surface area (Å²) in [5.41, 5.74) is 6.03. The third-order valence-corrected chi connectivity index (χ3v) is 3.86. The van der Waals surface area contributed by atoms with E-state index < -0.39 is 0 Å². The minimum Gasteiger partial charge on any atom is -0.359 e. The highest BCUT2D eigenvalue weighted by atomic mass is 16.5. The van der Waals surface area contributed by atoms with Gasteiger partial charge >= 0.3 is 0 Å². The van der Waals surface area contributed by atoms with Crippen molar-refractivity contribution in [3.8, 4) is 0 Å². The van der Waals surface area contributed by atoms with Crippen LogP contribution in [0.1, 0.15) is 25.0 Å². The van der Waals surface area contributed by atoms with Gasteiger partial charge in [-0.15, -0.1) is 0 Å². The molecule has 0 bridgehead atoms. The number of nitrogens with one attached hydrogen (secondary N) is 2. The molecule has 2 rings (SSSR count). The normalized spacial score (nSPS) is 24.7. The third-order valence-electron chi connectivity index (χ3n) is 3.86. The molecule has 0 aromatic heterocycles. The Labute approximate surface area is 125 Å². The zero-order valence-electron chi connectivity index (χ0n) is 12.7. The molecule has 1 aromatic rings. The molecule has 0 radical (unpaired) electrons. The number of hydrazone groups is 1. The predicted octanol–water partition coefficient (Wildman–Crippen LogP) is 3.01. The van der Waals surface area contributed by atoms with Crippen molar-refractivity contribution in [3.63, 3.8) is 0 Å². The van der Waals surface area contributed by atoms with Crippen LogP contribution in [-0.2, 0) is 10.2 Å². The molecule has 0 spiro atoms. The summed E-state index contributed by atoms with van der Waals surface area (Å²) < 4.78 is 5.43. The Hall–Kier alpha value is -2.20. The summed E-state index contributed by atoms with van der Waals surface area (Å²) >= 11 is 0. The average molecular weight is 283 g/mol. The van der Waals surface area contributed by atoms with Crippen LogP contribution < -0.4 is 5.43 Å². The number of hydrogen-bond donors (Lipinski definition) is 2. The number of allylic oxidation sites excluding steroid dienone is 3. The molecule has 4 heteroatoms. The van der Waals surface area contributed by atoms with Crippen molar-refractivity contribution >= 4 is 11.9 Å². The van der Waals surface area contributed by atoms with E-state index in [2.05, 4.69) is 24.0 Å². The summed E-state index contributed by atoms with van der Waals surface area (Å²) in [7, 11) is 1.66. The summed E-state index contributed by atoms with van der Waals surface area (Å²) in [4.78, 5) is 0. The molecule has 21 heavy (non-hydrogen) atoms.